The van der Waals surface area contributed by atoms with Crippen LogP contribution in [-0.2, 0) is 15.6 Å². The average molecular weight is 952 g/mol. The number of aliphatic hydroxyl groups is 1. The number of halogens is 3. The quantitative estimate of drug-likeness (QED) is 0.216. The lowest BCUT2D eigenvalue weighted by atomic mass is 9.96. The Balaban J connectivity index is 0.000000181. The molecule has 6 heterocycles. The van der Waals surface area contributed by atoms with Crippen LogP contribution in [0.4, 0.5) is 8.78 Å². The fraction of sp³-hybridized carbons (Fsp3) is 0.453. The third-order valence-electron chi connectivity index (χ3n) is 14.7. The third kappa shape index (κ3) is 9.02. The molecule has 0 unspecified atom stereocenters. The SMILES string of the molecule is C.CC1(c2cc(-c3ccc(F)cc3)nc3cc(C(=O)N4CCN(C(=O)C5(O)CC5)CC4(C)C)oc23)CC1.CC1(c2cc(-c3ccc(F)cc3)nc3cc(C(=O)N4CC[NH2+]CC4(C)C)oc23)CC1.[Cl-]. The first-order valence-electron chi connectivity index (χ1n) is 23.2. The van der Waals surface area contributed by atoms with Gasteiger partial charge in [0.2, 0.25) is 0 Å². The van der Waals surface area contributed by atoms with E-state index in [-0.39, 0.29) is 71.3 Å². The van der Waals surface area contributed by atoms with Crippen molar-refractivity contribution in [1.29, 1.82) is 0 Å². The molecular formula is C53H61ClF2N6O6. The number of fused-ring (bicyclic) bond motifs is 2. The number of aromatic nitrogens is 2. The molecule has 15 heteroatoms. The Hall–Kier alpha value is -5.70. The maximum atomic E-state index is 13.6. The summed E-state index contributed by atoms with van der Waals surface area (Å²) in [5.41, 5.74) is 5.76. The van der Waals surface area contributed by atoms with Crippen molar-refractivity contribution >= 4 is 39.9 Å². The minimum absolute atomic E-state index is 0. The van der Waals surface area contributed by atoms with Gasteiger partial charge in [-0.15, -0.1) is 0 Å². The Kier molecular flexibility index (Phi) is 12.4. The summed E-state index contributed by atoms with van der Waals surface area (Å²) in [6.45, 7) is 15.9. The van der Waals surface area contributed by atoms with Crippen LogP contribution in [-0.4, -0.2) is 103 Å². The van der Waals surface area contributed by atoms with Crippen LogP contribution in [0.5, 0.6) is 0 Å². The van der Waals surface area contributed by atoms with E-state index in [2.05, 4.69) is 33.0 Å². The molecule has 0 radical (unpaired) electrons. The summed E-state index contributed by atoms with van der Waals surface area (Å²) in [4.78, 5) is 54.5. The Morgan fingerprint density at radius 2 is 1.07 bits per heavy atom. The monoisotopic (exact) mass is 950 g/mol. The van der Waals surface area contributed by atoms with Crippen molar-refractivity contribution in [1.82, 2.24) is 24.7 Å². The number of carbonyl (C=O) groups excluding carboxylic acids is 3. The van der Waals surface area contributed by atoms with Crippen molar-refractivity contribution in [2.75, 3.05) is 39.3 Å². The molecule has 2 saturated heterocycles. The number of amides is 3. The smallest absolute Gasteiger partial charge is 0.290 e. The molecule has 6 aromatic rings. The van der Waals surface area contributed by atoms with E-state index in [4.69, 9.17) is 18.8 Å². The van der Waals surface area contributed by atoms with Crippen molar-refractivity contribution in [3.05, 3.63) is 107 Å². The van der Waals surface area contributed by atoms with Crippen molar-refractivity contribution in [3.63, 3.8) is 0 Å². The van der Waals surface area contributed by atoms with E-state index in [0.29, 0.717) is 67.0 Å². The molecule has 2 aromatic carbocycles. The van der Waals surface area contributed by atoms with Crippen LogP contribution in [0.2, 0.25) is 0 Å². The second kappa shape index (κ2) is 17.4. The molecule has 3 N–H and O–H groups in total. The lowest BCUT2D eigenvalue weighted by Crippen LogP contribution is -3.00. The number of furan rings is 2. The fourth-order valence-electron chi connectivity index (χ4n) is 9.66. The zero-order valence-corrected chi connectivity index (χ0v) is 39.6. The first-order chi connectivity index (χ1) is 31.3. The zero-order valence-electron chi connectivity index (χ0n) is 38.8. The van der Waals surface area contributed by atoms with Gasteiger partial charge >= 0.3 is 0 Å². The third-order valence-corrected chi connectivity index (χ3v) is 14.7. The maximum absolute atomic E-state index is 13.6. The summed E-state index contributed by atoms with van der Waals surface area (Å²) in [7, 11) is 0. The molecule has 68 heavy (non-hydrogen) atoms. The van der Waals surface area contributed by atoms with E-state index in [1.807, 2.05) is 30.9 Å². The molecule has 11 rings (SSSR count). The van der Waals surface area contributed by atoms with Gasteiger partial charge in [-0.2, -0.15) is 0 Å². The van der Waals surface area contributed by atoms with Gasteiger partial charge < -0.3 is 46.4 Å². The van der Waals surface area contributed by atoms with Gasteiger partial charge in [0, 0.05) is 54.0 Å². The van der Waals surface area contributed by atoms with Crippen LogP contribution >= 0.6 is 0 Å². The Bertz CT molecular complexity index is 2920. The second-order valence-electron chi connectivity index (χ2n) is 21.0. The number of carbonyl (C=O) groups is 3. The molecule has 0 atom stereocenters. The number of quaternary nitrogens is 1. The highest BCUT2D eigenvalue weighted by atomic mass is 35.5. The van der Waals surface area contributed by atoms with E-state index < -0.39 is 11.1 Å². The topological polar surface area (TPSA) is 150 Å². The maximum Gasteiger partial charge on any atom is 0.290 e. The lowest BCUT2D eigenvalue weighted by Gasteiger charge is -2.47. The summed E-state index contributed by atoms with van der Waals surface area (Å²) >= 11 is 0. The van der Waals surface area contributed by atoms with Crippen LogP contribution in [0.3, 0.4) is 0 Å². The van der Waals surface area contributed by atoms with Gasteiger partial charge in [0.15, 0.2) is 22.7 Å². The van der Waals surface area contributed by atoms with Gasteiger partial charge in [-0.25, -0.2) is 18.7 Å². The number of hydrogen-bond donors (Lipinski definition) is 2. The molecule has 3 aliphatic carbocycles. The highest BCUT2D eigenvalue weighted by Gasteiger charge is 2.52. The van der Waals surface area contributed by atoms with Gasteiger partial charge in [0.25, 0.3) is 17.7 Å². The molecule has 0 spiro atoms. The average Bonchev–Trinajstić information content (AvgIpc) is 4.25. The molecule has 12 nitrogen and oxygen atoms in total. The summed E-state index contributed by atoms with van der Waals surface area (Å²) < 4.78 is 39.2. The van der Waals surface area contributed by atoms with E-state index >= 15 is 0 Å². The minimum Gasteiger partial charge on any atom is -1.00 e. The normalized spacial score (nSPS) is 20.1. The number of piperazine rings is 2. The van der Waals surface area contributed by atoms with Crippen molar-refractivity contribution in [3.8, 4) is 22.5 Å². The number of nitrogens with two attached hydrogens (primary N) is 1. The largest absolute Gasteiger partial charge is 1.00 e. The number of hydrogen-bond acceptors (Lipinski definition) is 8. The highest BCUT2D eigenvalue weighted by Crippen LogP contribution is 2.52. The van der Waals surface area contributed by atoms with E-state index in [9.17, 15) is 28.3 Å². The van der Waals surface area contributed by atoms with Crippen molar-refractivity contribution in [2.45, 2.75) is 115 Å². The Morgan fingerprint density at radius 3 is 1.47 bits per heavy atom. The molecule has 360 valence electrons. The fourth-order valence-corrected chi connectivity index (χ4v) is 9.66. The molecule has 4 aromatic heterocycles. The van der Waals surface area contributed by atoms with Crippen molar-refractivity contribution < 1.29 is 54.8 Å². The van der Waals surface area contributed by atoms with Gasteiger partial charge in [0.05, 0.1) is 42.1 Å². The zero-order chi connectivity index (χ0) is 46.6. The Labute approximate surface area is 401 Å². The second-order valence-corrected chi connectivity index (χ2v) is 21.0. The van der Waals surface area contributed by atoms with Crippen LogP contribution in [0.25, 0.3) is 44.7 Å². The number of rotatable bonds is 7. The van der Waals surface area contributed by atoms with Crippen LogP contribution in [0.1, 0.15) is 120 Å². The predicted octanol–water partition coefficient (Wildman–Crippen LogP) is 5.40. The predicted molar refractivity (Wildman–Crippen MR) is 251 cm³/mol. The summed E-state index contributed by atoms with van der Waals surface area (Å²) in [6.07, 6.45) is 5.20. The van der Waals surface area contributed by atoms with Gasteiger partial charge in [-0.05, 0) is 138 Å². The van der Waals surface area contributed by atoms with E-state index in [1.54, 1.807) is 46.2 Å². The lowest BCUT2D eigenvalue weighted by molar-refractivity contribution is -0.673. The molecule has 3 saturated carbocycles. The number of nitrogens with zero attached hydrogens (tertiary/aromatic N) is 5. The molecule has 2 aliphatic heterocycles. The van der Waals surface area contributed by atoms with E-state index in [0.717, 1.165) is 72.4 Å². The van der Waals surface area contributed by atoms with Gasteiger partial charge in [-0.3, -0.25) is 14.4 Å². The van der Waals surface area contributed by atoms with Gasteiger partial charge in [0.1, 0.15) is 28.3 Å². The molecule has 0 bridgehead atoms. The first-order valence-corrected chi connectivity index (χ1v) is 23.2. The summed E-state index contributed by atoms with van der Waals surface area (Å²) in [5.74, 6) is -0.590. The summed E-state index contributed by atoms with van der Waals surface area (Å²) in [5, 5.41) is 12.5. The standard InChI is InChI=1S/C28H30FN3O4.C24H26FN3O2.CH4.ClH/c1-26(2)16-31(25(34)28(35)10-11-28)12-13-32(26)24(33)22-15-21-23(36-22)19(27(3)8-9-27)14-20(30-21)17-4-6-18(29)7-5-17;1-23(2)14-26-10-11-28(23)22(29)20-13-19-21(30-20)17(24(3)8-9-24)12-18(27-19)15-4-6-16(25)7-5-15;;/h4-7,14-15,35H,8-13,16H2,1-3H3;4-7,12-13,26H,8-11,14H2,1-3H3;1H4;1H. The Morgan fingerprint density at radius 1 is 0.632 bits per heavy atom. The number of benzene rings is 2. The van der Waals surface area contributed by atoms with Crippen LogP contribution in [0.15, 0.2) is 81.6 Å². The van der Waals surface area contributed by atoms with Gasteiger partial charge in [-0.1, -0.05) is 21.3 Å². The number of pyridine rings is 2. The van der Waals surface area contributed by atoms with Crippen LogP contribution in [0, 0.1) is 11.6 Å². The van der Waals surface area contributed by atoms with Crippen LogP contribution < -0.4 is 17.7 Å². The first kappa shape index (κ1) is 48.7. The highest BCUT2D eigenvalue weighted by molar-refractivity contribution is 5.98. The summed E-state index contributed by atoms with van der Waals surface area (Å²) in [6, 6.07) is 20.1. The molecule has 5 fully saturated rings. The molecule has 3 amide bonds. The molecule has 5 aliphatic rings. The van der Waals surface area contributed by atoms with E-state index in [1.165, 1.54) is 24.3 Å². The molecular weight excluding hydrogens is 890 g/mol. The minimum atomic E-state index is -1.22. The van der Waals surface area contributed by atoms with Crippen molar-refractivity contribution in [2.24, 2.45) is 0 Å².